The van der Waals surface area contributed by atoms with Crippen molar-refractivity contribution in [3.8, 4) is 5.69 Å². The smallest absolute Gasteiger partial charge is 0.220 e. The van der Waals surface area contributed by atoms with Crippen LogP contribution in [-0.2, 0) is 11.3 Å². The van der Waals surface area contributed by atoms with Crippen LogP contribution in [0.25, 0.3) is 5.69 Å². The maximum absolute atomic E-state index is 11.4. The van der Waals surface area contributed by atoms with Crippen molar-refractivity contribution in [1.29, 1.82) is 0 Å². The molecule has 1 aliphatic heterocycles. The zero-order chi connectivity index (χ0) is 16.2. The lowest BCUT2D eigenvalue weighted by Gasteiger charge is -2.29. The predicted molar refractivity (Wildman–Crippen MR) is 90.3 cm³/mol. The van der Waals surface area contributed by atoms with Gasteiger partial charge in [0.2, 0.25) is 5.91 Å². The lowest BCUT2D eigenvalue weighted by Crippen LogP contribution is -2.41. The monoisotopic (exact) mass is 312 g/mol. The molecule has 1 fully saturated rings. The van der Waals surface area contributed by atoms with Gasteiger partial charge in [0.1, 0.15) is 0 Å². The van der Waals surface area contributed by atoms with Crippen LogP contribution in [-0.4, -0.2) is 39.2 Å². The van der Waals surface area contributed by atoms with Gasteiger partial charge in [-0.2, -0.15) is 5.10 Å². The molecular weight excluding hydrogens is 288 g/mol. The average molecular weight is 312 g/mol. The topological polar surface area (TPSA) is 50.2 Å². The molecule has 0 aliphatic carbocycles. The van der Waals surface area contributed by atoms with E-state index in [1.165, 1.54) is 5.56 Å². The first-order valence-corrected chi connectivity index (χ1v) is 8.24. The Morgan fingerprint density at radius 2 is 2.26 bits per heavy atom. The van der Waals surface area contributed by atoms with Gasteiger partial charge in [-0.25, -0.2) is 4.68 Å². The van der Waals surface area contributed by atoms with Crippen molar-refractivity contribution in [2.75, 3.05) is 6.54 Å². The first kappa shape index (κ1) is 15.7. The highest BCUT2D eigenvalue weighted by Crippen LogP contribution is 2.16. The minimum Gasteiger partial charge on any atom is -0.352 e. The molecule has 5 nitrogen and oxygen atoms in total. The lowest BCUT2D eigenvalue weighted by atomic mass is 10.1. The molecular formula is C18H24N4O. The molecule has 0 unspecified atom stereocenters. The third kappa shape index (κ3) is 3.99. The molecule has 122 valence electrons. The van der Waals surface area contributed by atoms with E-state index in [1.54, 1.807) is 6.20 Å². The highest BCUT2D eigenvalue weighted by atomic mass is 16.1. The second kappa shape index (κ2) is 6.96. The summed E-state index contributed by atoms with van der Waals surface area (Å²) >= 11 is 0. The van der Waals surface area contributed by atoms with E-state index in [0.717, 1.165) is 25.2 Å². The van der Waals surface area contributed by atoms with Gasteiger partial charge >= 0.3 is 0 Å². The van der Waals surface area contributed by atoms with Crippen LogP contribution in [0.2, 0.25) is 0 Å². The highest BCUT2D eigenvalue weighted by Gasteiger charge is 2.24. The van der Waals surface area contributed by atoms with Crippen molar-refractivity contribution in [3.05, 3.63) is 48.3 Å². The van der Waals surface area contributed by atoms with Crippen LogP contribution in [0.3, 0.4) is 0 Å². The average Bonchev–Trinajstić information content (AvgIpc) is 3.18. The van der Waals surface area contributed by atoms with Crippen LogP contribution in [0.4, 0.5) is 0 Å². The lowest BCUT2D eigenvalue weighted by molar-refractivity contribution is -0.119. The minimum absolute atomic E-state index is 0.180. The van der Waals surface area contributed by atoms with E-state index in [9.17, 15) is 4.79 Å². The number of amides is 1. The molecule has 1 saturated heterocycles. The van der Waals surface area contributed by atoms with Crippen molar-refractivity contribution >= 4 is 5.91 Å². The van der Waals surface area contributed by atoms with E-state index in [1.807, 2.05) is 16.9 Å². The number of carbonyl (C=O) groups is 1. The molecule has 1 aliphatic rings. The van der Waals surface area contributed by atoms with Gasteiger partial charge < -0.3 is 5.32 Å². The fraction of sp³-hybridized carbons (Fsp3) is 0.444. The second-order valence-corrected chi connectivity index (χ2v) is 6.45. The van der Waals surface area contributed by atoms with Gasteiger partial charge in [0.05, 0.1) is 5.69 Å². The van der Waals surface area contributed by atoms with Crippen LogP contribution in [0.5, 0.6) is 0 Å². The summed E-state index contributed by atoms with van der Waals surface area (Å²) in [5.74, 6) is 0.180. The first-order valence-electron chi connectivity index (χ1n) is 8.24. The van der Waals surface area contributed by atoms with Gasteiger partial charge in [-0.1, -0.05) is 12.1 Å². The molecule has 0 radical (unpaired) electrons. The Labute approximate surface area is 137 Å². The summed E-state index contributed by atoms with van der Waals surface area (Å²) in [6.07, 6.45) is 5.34. The molecule has 3 rings (SSSR count). The molecule has 1 aromatic heterocycles. The zero-order valence-electron chi connectivity index (χ0n) is 13.8. The summed E-state index contributed by atoms with van der Waals surface area (Å²) in [5.41, 5.74) is 2.33. The summed E-state index contributed by atoms with van der Waals surface area (Å²) in [5, 5.41) is 7.35. The van der Waals surface area contributed by atoms with Crippen molar-refractivity contribution in [1.82, 2.24) is 20.0 Å². The summed E-state index contributed by atoms with van der Waals surface area (Å²) < 4.78 is 1.88. The van der Waals surface area contributed by atoms with Crippen molar-refractivity contribution in [2.45, 2.75) is 45.3 Å². The fourth-order valence-corrected chi connectivity index (χ4v) is 3.01. The number of hydrogen-bond acceptors (Lipinski definition) is 3. The van der Waals surface area contributed by atoms with E-state index < -0.39 is 0 Å². The Bertz CT molecular complexity index is 651. The number of aromatic nitrogens is 2. The molecule has 1 N–H and O–H groups in total. The van der Waals surface area contributed by atoms with Gasteiger partial charge in [0.25, 0.3) is 0 Å². The molecule has 0 bridgehead atoms. The number of nitrogens with zero attached hydrogens (tertiary/aromatic N) is 3. The van der Waals surface area contributed by atoms with Crippen molar-refractivity contribution in [2.24, 2.45) is 0 Å². The molecule has 1 atom stereocenters. The van der Waals surface area contributed by atoms with E-state index in [-0.39, 0.29) is 11.9 Å². The fourth-order valence-electron chi connectivity index (χ4n) is 3.01. The van der Waals surface area contributed by atoms with Gasteiger partial charge in [0.15, 0.2) is 0 Å². The van der Waals surface area contributed by atoms with E-state index >= 15 is 0 Å². The maximum Gasteiger partial charge on any atom is 0.220 e. The summed E-state index contributed by atoms with van der Waals surface area (Å²) in [7, 11) is 0. The van der Waals surface area contributed by atoms with Crippen LogP contribution in [0.15, 0.2) is 42.7 Å². The Morgan fingerprint density at radius 1 is 1.39 bits per heavy atom. The first-order chi connectivity index (χ1) is 11.1. The molecule has 1 amide bonds. The molecule has 2 aromatic rings. The summed E-state index contributed by atoms with van der Waals surface area (Å²) in [6.45, 7) is 6.18. The quantitative estimate of drug-likeness (QED) is 0.891. The van der Waals surface area contributed by atoms with Crippen LogP contribution in [0, 0.1) is 0 Å². The van der Waals surface area contributed by atoms with E-state index in [4.69, 9.17) is 0 Å². The Balaban J connectivity index is 1.70. The van der Waals surface area contributed by atoms with Crippen LogP contribution < -0.4 is 5.32 Å². The number of benzene rings is 1. The molecule has 5 heteroatoms. The second-order valence-electron chi connectivity index (χ2n) is 6.45. The number of nitrogens with one attached hydrogen (secondary N) is 1. The Hall–Kier alpha value is -2.14. The number of rotatable bonds is 6. The Kier molecular flexibility index (Phi) is 4.76. The number of carbonyl (C=O) groups excluding carboxylic acids is 1. The van der Waals surface area contributed by atoms with Crippen LogP contribution in [0.1, 0.15) is 32.3 Å². The van der Waals surface area contributed by atoms with E-state index in [0.29, 0.717) is 12.5 Å². The highest BCUT2D eigenvalue weighted by molar-refractivity contribution is 5.78. The third-order valence-corrected chi connectivity index (χ3v) is 4.34. The molecule has 0 spiro atoms. The van der Waals surface area contributed by atoms with Gasteiger partial charge in [-0.15, -0.1) is 0 Å². The SMILES string of the molecule is CC(C)N(Cc1cccc(-n2cccn2)c1)C[C@@H]1CCC(=O)N1. The minimum atomic E-state index is 0.180. The molecule has 1 aromatic carbocycles. The van der Waals surface area contributed by atoms with Crippen molar-refractivity contribution < 1.29 is 4.79 Å². The third-order valence-electron chi connectivity index (χ3n) is 4.34. The molecule has 0 saturated carbocycles. The Morgan fingerprint density at radius 3 is 2.91 bits per heavy atom. The predicted octanol–water partition coefficient (Wildman–Crippen LogP) is 2.36. The summed E-state index contributed by atoms with van der Waals surface area (Å²) in [4.78, 5) is 13.8. The normalized spacial score (nSPS) is 17.9. The zero-order valence-corrected chi connectivity index (χ0v) is 13.8. The maximum atomic E-state index is 11.4. The van der Waals surface area contributed by atoms with Crippen molar-refractivity contribution in [3.63, 3.8) is 0 Å². The molecule has 2 heterocycles. The van der Waals surface area contributed by atoms with Gasteiger partial charge in [0, 0.05) is 44.0 Å². The van der Waals surface area contributed by atoms with Gasteiger partial charge in [-0.05, 0) is 44.0 Å². The molecule has 23 heavy (non-hydrogen) atoms. The largest absolute Gasteiger partial charge is 0.352 e. The van der Waals surface area contributed by atoms with Gasteiger partial charge in [-0.3, -0.25) is 9.69 Å². The standard InChI is InChI=1S/C18H24N4O/c1-14(2)21(13-16-7-8-18(23)20-16)12-15-5-3-6-17(11-15)22-10-4-9-19-22/h3-6,9-11,14,16H,7-8,12-13H2,1-2H3,(H,20,23)/t16-/m0/s1. The van der Waals surface area contributed by atoms with E-state index in [2.05, 4.69) is 53.4 Å². The number of hydrogen-bond donors (Lipinski definition) is 1. The summed E-state index contributed by atoms with van der Waals surface area (Å²) in [6, 6.07) is 11.1. The van der Waals surface area contributed by atoms with Crippen LogP contribution >= 0.6 is 0 Å².